The smallest absolute Gasteiger partial charge is 0.388 e. The van der Waals surface area contributed by atoms with E-state index < -0.39 is 35.1 Å². The van der Waals surface area contributed by atoms with Crippen LogP contribution >= 0.6 is 12.6 Å². The third kappa shape index (κ3) is 7.83. The van der Waals surface area contributed by atoms with Gasteiger partial charge in [0.2, 0.25) is 0 Å². The molecule has 3 aliphatic rings. The van der Waals surface area contributed by atoms with Gasteiger partial charge in [-0.25, -0.2) is 0 Å². The molecule has 9 heteroatoms. The lowest BCUT2D eigenvalue weighted by Crippen LogP contribution is -2.37. The first-order chi connectivity index (χ1) is 20.3. The molecule has 1 aromatic heterocycles. The van der Waals surface area contributed by atoms with Crippen molar-refractivity contribution in [2.24, 2.45) is 10.8 Å². The van der Waals surface area contributed by atoms with Crippen LogP contribution in [0.1, 0.15) is 132 Å². The zero-order valence-corrected chi connectivity index (χ0v) is 29.0. The van der Waals surface area contributed by atoms with Crippen LogP contribution in [0.2, 0.25) is 0 Å². The van der Waals surface area contributed by atoms with Crippen molar-refractivity contribution >= 4 is 12.6 Å². The van der Waals surface area contributed by atoms with Crippen molar-refractivity contribution in [3.05, 3.63) is 63.5 Å². The first-order valence-electron chi connectivity index (χ1n) is 15.5. The molecule has 1 fully saturated rings. The van der Waals surface area contributed by atoms with Crippen molar-refractivity contribution in [2.45, 2.75) is 117 Å². The van der Waals surface area contributed by atoms with Gasteiger partial charge in [-0.1, -0.05) is 60.1 Å². The quantitative estimate of drug-likeness (QED) is 0.328. The molecule has 248 valence electrons. The van der Waals surface area contributed by atoms with E-state index in [1.54, 1.807) is 13.4 Å². The Morgan fingerprint density at radius 1 is 1.00 bits per heavy atom. The number of fused-ring (bicyclic) bond motifs is 4. The SMILES string of the molecule is CCC(C)(C)C.COC(C)(C)c1nc2c(c3c1C(c1ccc(C(F)(F)F)cc1)OC31CCOCC1)C(O)CC(C)(C)C2.CS. The molecule has 1 saturated heterocycles. The fourth-order valence-electron chi connectivity index (χ4n) is 6.10. The molecule has 5 nitrogen and oxygen atoms in total. The number of aromatic nitrogens is 1. The van der Waals surface area contributed by atoms with Crippen LogP contribution in [-0.2, 0) is 38.0 Å². The average Bonchev–Trinajstić information content (AvgIpc) is 3.26. The Morgan fingerprint density at radius 3 is 2.02 bits per heavy atom. The number of thiol groups is 1. The fraction of sp³-hybridized carbons (Fsp3) is 0.686. The number of pyridine rings is 1. The van der Waals surface area contributed by atoms with Gasteiger partial charge in [0.25, 0.3) is 0 Å². The topological polar surface area (TPSA) is 60.8 Å². The molecular weight excluding hydrogens is 587 g/mol. The normalized spacial score (nSPS) is 22.2. The summed E-state index contributed by atoms with van der Waals surface area (Å²) in [6.45, 7) is 18.1. The van der Waals surface area contributed by atoms with E-state index in [-0.39, 0.29) is 5.41 Å². The lowest BCUT2D eigenvalue weighted by Gasteiger charge is -2.40. The van der Waals surface area contributed by atoms with Gasteiger partial charge in [-0.15, -0.1) is 0 Å². The van der Waals surface area contributed by atoms with Gasteiger partial charge < -0.3 is 19.3 Å². The highest BCUT2D eigenvalue weighted by molar-refractivity contribution is 7.79. The van der Waals surface area contributed by atoms with E-state index >= 15 is 0 Å². The lowest BCUT2D eigenvalue weighted by molar-refractivity contribution is -0.137. The second-order valence-electron chi connectivity index (χ2n) is 14.5. The number of hydrogen-bond acceptors (Lipinski definition) is 6. The minimum Gasteiger partial charge on any atom is -0.388 e. The number of halogens is 3. The Morgan fingerprint density at radius 2 is 1.55 bits per heavy atom. The fourth-order valence-corrected chi connectivity index (χ4v) is 6.10. The summed E-state index contributed by atoms with van der Waals surface area (Å²) in [7, 11) is 1.62. The zero-order valence-electron chi connectivity index (χ0n) is 28.1. The second-order valence-corrected chi connectivity index (χ2v) is 14.5. The number of alkyl halides is 3. The third-order valence-corrected chi connectivity index (χ3v) is 9.12. The first-order valence-corrected chi connectivity index (χ1v) is 16.4. The van der Waals surface area contributed by atoms with Gasteiger partial charge in [0, 0.05) is 50.0 Å². The molecule has 2 unspecified atom stereocenters. The summed E-state index contributed by atoms with van der Waals surface area (Å²) in [4.78, 5) is 5.11. The number of nitrogens with zero attached hydrogens (tertiary/aromatic N) is 1. The molecule has 0 bridgehead atoms. The molecule has 1 aliphatic carbocycles. The van der Waals surface area contributed by atoms with Crippen molar-refractivity contribution in [3.63, 3.8) is 0 Å². The predicted molar refractivity (Wildman–Crippen MR) is 172 cm³/mol. The molecule has 0 amide bonds. The van der Waals surface area contributed by atoms with E-state index in [0.717, 1.165) is 34.5 Å². The molecule has 1 aromatic carbocycles. The molecule has 0 saturated carbocycles. The maximum atomic E-state index is 13.3. The highest BCUT2D eigenvalue weighted by Gasteiger charge is 2.53. The number of benzene rings is 1. The monoisotopic (exact) mass is 639 g/mol. The zero-order chi connectivity index (χ0) is 33.3. The number of aliphatic hydroxyl groups is 1. The van der Waals surface area contributed by atoms with Crippen molar-refractivity contribution in [1.29, 1.82) is 0 Å². The highest BCUT2D eigenvalue weighted by Crippen LogP contribution is 2.58. The molecule has 44 heavy (non-hydrogen) atoms. The van der Waals surface area contributed by atoms with Crippen molar-refractivity contribution < 1.29 is 32.5 Å². The summed E-state index contributed by atoms with van der Waals surface area (Å²) >= 11 is 3.53. The van der Waals surface area contributed by atoms with Crippen LogP contribution in [0.5, 0.6) is 0 Å². The van der Waals surface area contributed by atoms with E-state index in [4.69, 9.17) is 19.2 Å². The summed E-state index contributed by atoms with van der Waals surface area (Å²) in [5.74, 6) is 0. The number of methoxy groups -OCH3 is 1. The van der Waals surface area contributed by atoms with E-state index in [1.807, 2.05) is 13.8 Å². The van der Waals surface area contributed by atoms with Crippen LogP contribution in [0, 0.1) is 10.8 Å². The van der Waals surface area contributed by atoms with Gasteiger partial charge in [-0.3, -0.25) is 4.98 Å². The maximum absolute atomic E-state index is 13.3. The summed E-state index contributed by atoms with van der Waals surface area (Å²) in [6, 6.07) is 5.16. The minimum atomic E-state index is -4.42. The molecule has 0 radical (unpaired) electrons. The van der Waals surface area contributed by atoms with Crippen LogP contribution in [-0.4, -0.2) is 36.7 Å². The molecule has 3 heterocycles. The molecule has 5 rings (SSSR count). The van der Waals surface area contributed by atoms with Gasteiger partial charge in [0.15, 0.2) is 0 Å². The number of rotatable bonds is 3. The molecule has 2 aromatic rings. The lowest BCUT2D eigenvalue weighted by atomic mass is 9.69. The summed E-state index contributed by atoms with van der Waals surface area (Å²) < 4.78 is 58.3. The van der Waals surface area contributed by atoms with Crippen molar-refractivity contribution in [1.82, 2.24) is 4.98 Å². The van der Waals surface area contributed by atoms with Gasteiger partial charge in [-0.2, -0.15) is 25.8 Å². The minimum absolute atomic E-state index is 0.128. The van der Waals surface area contributed by atoms with Crippen LogP contribution in [0.15, 0.2) is 24.3 Å². The maximum Gasteiger partial charge on any atom is 0.416 e. The van der Waals surface area contributed by atoms with Crippen LogP contribution < -0.4 is 0 Å². The average molecular weight is 640 g/mol. The molecule has 2 atom stereocenters. The number of ether oxygens (including phenoxy) is 3. The second kappa shape index (κ2) is 13.6. The third-order valence-electron chi connectivity index (χ3n) is 9.12. The molecule has 1 N–H and O–H groups in total. The number of aliphatic hydroxyl groups excluding tert-OH is 1. The Kier molecular flexibility index (Phi) is 11.4. The molecule has 2 aliphatic heterocycles. The van der Waals surface area contributed by atoms with Crippen molar-refractivity contribution in [2.75, 3.05) is 26.6 Å². The van der Waals surface area contributed by atoms with Crippen LogP contribution in [0.25, 0.3) is 0 Å². The molecule has 1 spiro atoms. The predicted octanol–water partition coefficient (Wildman–Crippen LogP) is 9.10. The van der Waals surface area contributed by atoms with Gasteiger partial charge >= 0.3 is 6.18 Å². The highest BCUT2D eigenvalue weighted by atomic mass is 32.1. The largest absolute Gasteiger partial charge is 0.416 e. The molecular formula is C35H52F3NO4S. The Labute approximate surface area is 267 Å². The van der Waals surface area contributed by atoms with Gasteiger partial charge in [0.1, 0.15) is 11.7 Å². The van der Waals surface area contributed by atoms with Crippen molar-refractivity contribution in [3.8, 4) is 0 Å². The first kappa shape index (κ1) is 36.8. The summed E-state index contributed by atoms with van der Waals surface area (Å²) in [6.07, 6.45) is -0.310. The van der Waals surface area contributed by atoms with Gasteiger partial charge in [0.05, 0.1) is 23.0 Å². The van der Waals surface area contributed by atoms with E-state index in [0.29, 0.717) is 55.6 Å². The summed E-state index contributed by atoms with van der Waals surface area (Å²) in [5, 5.41) is 11.4. The standard InChI is InChI=1S/C28H34F3NO4.C6H14.CH4S/c1-25(2)14-18-20(19(33)15-25)22-21(24(32-18)26(3,4)34-5)23(36-27(22)10-12-35-13-11-27)16-6-8-17(9-7-16)28(29,30)31;1-5-6(2,3)4;1-2/h6-9,19,23,33H,10-15H2,1-5H3;5H2,1-4H3;2H,1H3. The van der Waals surface area contributed by atoms with Crippen LogP contribution in [0.4, 0.5) is 13.2 Å². The summed E-state index contributed by atoms with van der Waals surface area (Å²) in [5.41, 5.74) is 2.94. The van der Waals surface area contributed by atoms with Crippen LogP contribution in [0.3, 0.4) is 0 Å². The van der Waals surface area contributed by atoms with E-state index in [2.05, 4.69) is 54.2 Å². The Bertz CT molecular complexity index is 1260. The van der Waals surface area contributed by atoms with E-state index in [1.165, 1.54) is 18.6 Å². The van der Waals surface area contributed by atoms with E-state index in [9.17, 15) is 18.3 Å². The Balaban J connectivity index is 0.000000593. The van der Waals surface area contributed by atoms with Gasteiger partial charge in [-0.05, 0) is 67.0 Å². The Hall–Kier alpha value is -1.65. The number of hydrogen-bond donors (Lipinski definition) is 2.